The van der Waals surface area contributed by atoms with E-state index in [1.807, 2.05) is 26.0 Å². The number of carboxylic acid groups (broad SMARTS) is 1. The molecule has 1 aliphatic carbocycles. The molecule has 1 aromatic rings. The summed E-state index contributed by atoms with van der Waals surface area (Å²) in [5.41, 5.74) is 0.212. The van der Waals surface area contributed by atoms with Crippen LogP contribution >= 0.6 is 11.6 Å². The van der Waals surface area contributed by atoms with E-state index < -0.39 is 11.4 Å². The molecule has 0 aliphatic heterocycles. The smallest absolute Gasteiger partial charge is 0.306 e. The summed E-state index contributed by atoms with van der Waals surface area (Å²) >= 11 is 5.87. The van der Waals surface area contributed by atoms with E-state index in [9.17, 15) is 9.59 Å². The summed E-state index contributed by atoms with van der Waals surface area (Å²) in [6.45, 7) is 3.71. The zero-order valence-corrected chi connectivity index (χ0v) is 13.0. The van der Waals surface area contributed by atoms with Crippen molar-refractivity contribution in [3.8, 4) is 0 Å². The van der Waals surface area contributed by atoms with Gasteiger partial charge in [0.15, 0.2) is 0 Å². The molecular weight excluding hydrogens is 290 g/mol. The molecule has 1 saturated carbocycles. The summed E-state index contributed by atoms with van der Waals surface area (Å²) in [6.07, 6.45) is 1.86. The van der Waals surface area contributed by atoms with Gasteiger partial charge in [-0.25, -0.2) is 0 Å². The highest BCUT2D eigenvalue weighted by atomic mass is 35.5. The van der Waals surface area contributed by atoms with Gasteiger partial charge in [-0.3, -0.25) is 9.59 Å². The first-order valence-electron chi connectivity index (χ1n) is 7.10. The highest BCUT2D eigenvalue weighted by Gasteiger charge is 2.35. The Hall–Kier alpha value is -1.55. The monoisotopic (exact) mass is 309 g/mol. The van der Waals surface area contributed by atoms with Crippen molar-refractivity contribution < 1.29 is 14.7 Å². The third kappa shape index (κ3) is 3.56. The first-order valence-corrected chi connectivity index (χ1v) is 7.48. The molecular formula is C16H20ClNO3. The zero-order valence-electron chi connectivity index (χ0n) is 12.2. The second-order valence-electron chi connectivity index (χ2n) is 6.15. The number of hydrogen-bond donors (Lipinski definition) is 2. The molecule has 0 heterocycles. The lowest BCUT2D eigenvalue weighted by molar-refractivity contribution is -0.141. The van der Waals surface area contributed by atoms with Crippen molar-refractivity contribution in [2.24, 2.45) is 5.92 Å². The fourth-order valence-electron chi connectivity index (χ4n) is 2.70. The second-order valence-corrected chi connectivity index (χ2v) is 6.59. The Morgan fingerprint density at radius 2 is 1.86 bits per heavy atom. The minimum Gasteiger partial charge on any atom is -0.481 e. The van der Waals surface area contributed by atoms with Crippen molar-refractivity contribution in [3.63, 3.8) is 0 Å². The number of carbonyl (C=O) groups excluding carboxylic acids is 1. The largest absolute Gasteiger partial charge is 0.481 e. The lowest BCUT2D eigenvalue weighted by Gasteiger charge is -2.26. The molecule has 0 saturated heterocycles. The molecule has 114 valence electrons. The van der Waals surface area contributed by atoms with Crippen LogP contribution in [0, 0.1) is 5.92 Å². The number of carboxylic acids is 1. The van der Waals surface area contributed by atoms with Crippen LogP contribution in [-0.4, -0.2) is 23.0 Å². The van der Waals surface area contributed by atoms with Gasteiger partial charge in [-0.05, 0) is 50.8 Å². The van der Waals surface area contributed by atoms with Gasteiger partial charge in [0.2, 0.25) is 5.91 Å². The van der Waals surface area contributed by atoms with Crippen LogP contribution in [0.25, 0.3) is 0 Å². The van der Waals surface area contributed by atoms with Gasteiger partial charge in [0.05, 0.1) is 11.3 Å². The first kappa shape index (κ1) is 15.8. The molecule has 0 aromatic heterocycles. The van der Waals surface area contributed by atoms with Crippen LogP contribution in [0.2, 0.25) is 5.02 Å². The van der Waals surface area contributed by atoms with E-state index in [0.717, 1.165) is 12.0 Å². The van der Waals surface area contributed by atoms with Crippen LogP contribution < -0.4 is 5.32 Å². The van der Waals surface area contributed by atoms with E-state index in [1.54, 1.807) is 12.1 Å². The number of benzene rings is 1. The van der Waals surface area contributed by atoms with Gasteiger partial charge in [-0.15, -0.1) is 0 Å². The average molecular weight is 310 g/mol. The lowest BCUT2D eigenvalue weighted by Crippen LogP contribution is -2.44. The van der Waals surface area contributed by atoms with Crippen LogP contribution in [-0.2, 0) is 15.0 Å². The predicted molar refractivity (Wildman–Crippen MR) is 81.4 cm³/mol. The van der Waals surface area contributed by atoms with Crippen LogP contribution in [0.5, 0.6) is 0 Å². The summed E-state index contributed by atoms with van der Waals surface area (Å²) < 4.78 is 0. The van der Waals surface area contributed by atoms with Gasteiger partial charge >= 0.3 is 5.97 Å². The highest BCUT2D eigenvalue weighted by Crippen LogP contribution is 2.29. The summed E-state index contributed by atoms with van der Waals surface area (Å²) in [5.74, 6) is -1.20. The van der Waals surface area contributed by atoms with E-state index in [-0.39, 0.29) is 17.9 Å². The fraction of sp³-hybridized carbons (Fsp3) is 0.500. The molecule has 4 nitrogen and oxygen atoms in total. The summed E-state index contributed by atoms with van der Waals surface area (Å²) in [4.78, 5) is 23.4. The lowest BCUT2D eigenvalue weighted by atomic mass is 9.83. The minimum absolute atomic E-state index is 0.0508. The van der Waals surface area contributed by atoms with E-state index >= 15 is 0 Å². The number of aliphatic carboxylic acids is 1. The van der Waals surface area contributed by atoms with Crippen molar-refractivity contribution in [1.82, 2.24) is 5.32 Å². The zero-order chi connectivity index (χ0) is 15.6. The quantitative estimate of drug-likeness (QED) is 0.898. The standard InChI is InChI=1S/C16H20ClNO3/c1-16(2,11-4-6-12(17)7-5-11)15(21)18-13-8-3-10(9-13)14(19)20/h4-7,10,13H,3,8-9H2,1-2H3,(H,18,21)(H,19,20)/t10-,13+/m1/s1. The molecule has 2 rings (SSSR count). The van der Waals surface area contributed by atoms with Crippen molar-refractivity contribution in [2.45, 2.75) is 44.6 Å². The topological polar surface area (TPSA) is 66.4 Å². The number of hydrogen-bond acceptors (Lipinski definition) is 2. The van der Waals surface area contributed by atoms with E-state index in [2.05, 4.69) is 5.32 Å². The summed E-state index contributed by atoms with van der Waals surface area (Å²) in [5, 5.41) is 12.6. The van der Waals surface area contributed by atoms with Crippen molar-refractivity contribution in [2.75, 3.05) is 0 Å². The molecule has 1 fully saturated rings. The average Bonchev–Trinajstić information content (AvgIpc) is 2.88. The van der Waals surface area contributed by atoms with Crippen LogP contribution in [0.4, 0.5) is 0 Å². The maximum atomic E-state index is 12.5. The number of nitrogens with one attached hydrogen (secondary N) is 1. The third-order valence-corrected chi connectivity index (χ3v) is 4.50. The van der Waals surface area contributed by atoms with Gasteiger partial charge < -0.3 is 10.4 Å². The Morgan fingerprint density at radius 3 is 2.38 bits per heavy atom. The molecule has 0 unspecified atom stereocenters. The minimum atomic E-state index is -0.774. The van der Waals surface area contributed by atoms with E-state index in [4.69, 9.17) is 16.7 Å². The molecule has 1 aromatic carbocycles. The number of halogens is 1. The maximum Gasteiger partial charge on any atom is 0.306 e. The van der Waals surface area contributed by atoms with Crippen LogP contribution in [0.3, 0.4) is 0 Å². The number of amides is 1. The molecule has 1 amide bonds. The predicted octanol–water partition coefficient (Wildman–Crippen LogP) is 2.99. The molecule has 21 heavy (non-hydrogen) atoms. The summed E-state index contributed by atoms with van der Waals surface area (Å²) in [6, 6.07) is 7.17. The van der Waals surface area contributed by atoms with Crippen molar-refractivity contribution in [3.05, 3.63) is 34.9 Å². The van der Waals surface area contributed by atoms with Gasteiger partial charge in [0.25, 0.3) is 0 Å². The second kappa shape index (κ2) is 6.06. The molecule has 5 heteroatoms. The maximum absolute atomic E-state index is 12.5. The molecule has 2 N–H and O–H groups in total. The van der Waals surface area contributed by atoms with Gasteiger partial charge in [-0.2, -0.15) is 0 Å². The van der Waals surface area contributed by atoms with Crippen molar-refractivity contribution >= 4 is 23.5 Å². The third-order valence-electron chi connectivity index (χ3n) is 4.25. The highest BCUT2D eigenvalue weighted by molar-refractivity contribution is 6.30. The van der Waals surface area contributed by atoms with Gasteiger partial charge in [0.1, 0.15) is 0 Å². The Bertz CT molecular complexity index is 539. The number of carbonyl (C=O) groups is 2. The fourth-order valence-corrected chi connectivity index (χ4v) is 2.83. The van der Waals surface area contributed by atoms with E-state index in [0.29, 0.717) is 17.9 Å². The van der Waals surface area contributed by atoms with Gasteiger partial charge in [-0.1, -0.05) is 23.7 Å². The Labute approximate surface area is 129 Å². The molecule has 0 radical (unpaired) electrons. The van der Waals surface area contributed by atoms with Crippen molar-refractivity contribution in [1.29, 1.82) is 0 Å². The SMILES string of the molecule is CC(C)(C(=O)N[C@H]1CC[C@@H](C(=O)O)C1)c1ccc(Cl)cc1. The van der Waals surface area contributed by atoms with Crippen LogP contribution in [0.15, 0.2) is 24.3 Å². The Balaban J connectivity index is 2.02. The molecule has 2 atom stereocenters. The van der Waals surface area contributed by atoms with Gasteiger partial charge in [0, 0.05) is 11.1 Å². The first-order chi connectivity index (χ1) is 9.80. The Kier molecular flexibility index (Phi) is 4.57. The molecule has 1 aliphatic rings. The normalized spacial score (nSPS) is 22.0. The van der Waals surface area contributed by atoms with Crippen LogP contribution in [0.1, 0.15) is 38.7 Å². The Morgan fingerprint density at radius 1 is 1.24 bits per heavy atom. The molecule has 0 spiro atoms. The summed E-state index contributed by atoms with van der Waals surface area (Å²) in [7, 11) is 0. The molecule has 0 bridgehead atoms. The van der Waals surface area contributed by atoms with E-state index in [1.165, 1.54) is 0 Å². The number of rotatable bonds is 4.